The quantitative estimate of drug-likeness (QED) is 0.567. The van der Waals surface area contributed by atoms with E-state index >= 15 is 0 Å². The molecule has 0 spiro atoms. The Morgan fingerprint density at radius 1 is 1.50 bits per heavy atom. The van der Waals surface area contributed by atoms with Crippen LogP contribution in [0.3, 0.4) is 0 Å². The van der Waals surface area contributed by atoms with Crippen molar-refractivity contribution in [1.82, 2.24) is 0 Å². The van der Waals surface area contributed by atoms with Gasteiger partial charge in [-0.25, -0.2) is 9.50 Å². The smallest absolute Gasteiger partial charge is 0.129 e. The predicted octanol–water partition coefficient (Wildman–Crippen LogP) is 2.06. The van der Waals surface area contributed by atoms with Crippen LogP contribution in [0.4, 0.5) is 4.39 Å². The van der Waals surface area contributed by atoms with Gasteiger partial charge in [0, 0.05) is 5.56 Å². The third-order valence-electron chi connectivity index (χ3n) is 1.36. The summed E-state index contributed by atoms with van der Waals surface area (Å²) in [6.07, 6.45) is 0. The summed E-state index contributed by atoms with van der Waals surface area (Å²) >= 11 is 0. The van der Waals surface area contributed by atoms with Gasteiger partial charge in [-0.3, -0.25) is 0 Å². The van der Waals surface area contributed by atoms with Crippen LogP contribution in [0, 0.1) is 12.7 Å². The highest BCUT2D eigenvalue weighted by molar-refractivity contribution is 5.22. The lowest BCUT2D eigenvalue weighted by atomic mass is 10.1. The average Bonchev–Trinajstić information content (AvgIpc) is 1.88. The highest BCUT2D eigenvalue weighted by atomic mass is 19.1. The zero-order chi connectivity index (χ0) is 7.56. The van der Waals surface area contributed by atoms with Crippen LogP contribution in [0.15, 0.2) is 18.2 Å². The Morgan fingerprint density at radius 3 is 2.70 bits per heavy atom. The highest BCUT2D eigenvalue weighted by Gasteiger charge is 1.99. The van der Waals surface area contributed by atoms with Crippen molar-refractivity contribution in [2.75, 3.05) is 0 Å². The number of hydrogen-bond acceptors (Lipinski definition) is 0. The molecule has 1 aromatic carbocycles. The van der Waals surface area contributed by atoms with E-state index in [1.165, 1.54) is 12.1 Å². The fraction of sp³-hybridized carbons (Fsp3) is 0.250. The van der Waals surface area contributed by atoms with Crippen LogP contribution < -0.4 is 0 Å². The zero-order valence-corrected chi connectivity index (χ0v) is 5.73. The third kappa shape index (κ3) is 1.33. The minimum Gasteiger partial charge on any atom is -0.231 e. The van der Waals surface area contributed by atoms with Gasteiger partial charge in [0.15, 0.2) is 0 Å². The molecule has 0 aromatic heterocycles. The van der Waals surface area contributed by atoms with Crippen LogP contribution in [0.1, 0.15) is 11.1 Å². The summed E-state index contributed by atoms with van der Waals surface area (Å²) in [4.78, 5) is 0. The Hall–Kier alpha value is -0.890. The van der Waals surface area contributed by atoms with Gasteiger partial charge in [0.05, 0.1) is 0 Å². The summed E-state index contributed by atoms with van der Waals surface area (Å²) in [6, 6.07) is 4.63. The molecule has 1 rings (SSSR count). The Labute approximate surface area is 59.1 Å². The average molecular weight is 139 g/mol. The van der Waals surface area contributed by atoms with E-state index in [2.05, 4.69) is 0 Å². The normalized spacial score (nSPS) is 9.90. The fourth-order valence-corrected chi connectivity index (χ4v) is 0.769. The Kier molecular flexibility index (Phi) is 2.02. The SMILES string of the molecule is Cc1ccc(C[O])c(F)c1. The minimum atomic E-state index is -0.480. The summed E-state index contributed by atoms with van der Waals surface area (Å²) in [5, 5.41) is 10.2. The van der Waals surface area contributed by atoms with Gasteiger partial charge in [0.2, 0.25) is 0 Å². The second-order valence-electron chi connectivity index (χ2n) is 2.24. The molecule has 0 saturated heterocycles. The number of rotatable bonds is 1. The number of halogens is 1. The van der Waals surface area contributed by atoms with E-state index < -0.39 is 12.4 Å². The first-order valence-electron chi connectivity index (χ1n) is 3.07. The maximum Gasteiger partial charge on any atom is 0.129 e. The van der Waals surface area contributed by atoms with Crippen molar-refractivity contribution in [1.29, 1.82) is 0 Å². The van der Waals surface area contributed by atoms with Crippen molar-refractivity contribution in [3.63, 3.8) is 0 Å². The molecule has 0 fully saturated rings. The molecule has 10 heavy (non-hydrogen) atoms. The second kappa shape index (κ2) is 2.80. The molecule has 0 N–H and O–H groups in total. The molecule has 1 aromatic rings. The molecule has 0 bridgehead atoms. The van der Waals surface area contributed by atoms with E-state index in [0.29, 0.717) is 0 Å². The zero-order valence-electron chi connectivity index (χ0n) is 5.73. The Morgan fingerprint density at radius 2 is 2.20 bits per heavy atom. The molecular formula is C8H8FO. The van der Waals surface area contributed by atoms with Crippen molar-refractivity contribution >= 4 is 0 Å². The van der Waals surface area contributed by atoms with Crippen LogP contribution in [0.25, 0.3) is 0 Å². The second-order valence-corrected chi connectivity index (χ2v) is 2.24. The highest BCUT2D eigenvalue weighted by Crippen LogP contribution is 2.08. The largest absolute Gasteiger partial charge is 0.231 e. The molecule has 1 radical (unpaired) electrons. The van der Waals surface area contributed by atoms with Crippen LogP contribution in [-0.4, -0.2) is 0 Å². The lowest BCUT2D eigenvalue weighted by Crippen LogP contribution is -1.88. The van der Waals surface area contributed by atoms with E-state index in [1.807, 2.05) is 0 Å². The molecular weight excluding hydrogens is 131 g/mol. The summed E-state index contributed by atoms with van der Waals surface area (Å²) in [5.41, 5.74) is 1.08. The number of aryl methyl sites for hydroxylation is 1. The number of benzene rings is 1. The van der Waals surface area contributed by atoms with Gasteiger partial charge in [0.1, 0.15) is 12.4 Å². The summed E-state index contributed by atoms with van der Waals surface area (Å²) in [7, 11) is 0. The van der Waals surface area contributed by atoms with Crippen molar-refractivity contribution < 1.29 is 9.50 Å². The van der Waals surface area contributed by atoms with Gasteiger partial charge in [-0.15, -0.1) is 0 Å². The van der Waals surface area contributed by atoms with Crippen molar-refractivity contribution in [3.8, 4) is 0 Å². The fourth-order valence-electron chi connectivity index (χ4n) is 0.769. The van der Waals surface area contributed by atoms with Crippen LogP contribution in [0.2, 0.25) is 0 Å². The molecule has 53 valence electrons. The molecule has 0 heterocycles. The van der Waals surface area contributed by atoms with Crippen LogP contribution in [0.5, 0.6) is 0 Å². The lowest BCUT2D eigenvalue weighted by molar-refractivity contribution is 0.174. The summed E-state index contributed by atoms with van der Waals surface area (Å²) < 4.78 is 12.7. The van der Waals surface area contributed by atoms with Gasteiger partial charge < -0.3 is 0 Å². The molecule has 0 aliphatic heterocycles. The van der Waals surface area contributed by atoms with Crippen molar-refractivity contribution in [2.24, 2.45) is 0 Å². The first-order valence-corrected chi connectivity index (χ1v) is 3.07. The monoisotopic (exact) mass is 139 g/mol. The molecule has 0 unspecified atom stereocenters. The molecule has 0 aliphatic carbocycles. The van der Waals surface area contributed by atoms with Gasteiger partial charge in [-0.05, 0) is 18.6 Å². The Balaban J connectivity index is 3.07. The van der Waals surface area contributed by atoms with Crippen LogP contribution >= 0.6 is 0 Å². The predicted molar refractivity (Wildman–Crippen MR) is 35.5 cm³/mol. The molecule has 0 aliphatic rings. The topological polar surface area (TPSA) is 19.9 Å². The molecule has 2 heteroatoms. The first kappa shape index (κ1) is 7.22. The van der Waals surface area contributed by atoms with Gasteiger partial charge >= 0.3 is 0 Å². The minimum absolute atomic E-state index is 0.241. The maximum atomic E-state index is 12.7. The first-order chi connectivity index (χ1) is 4.74. The van der Waals surface area contributed by atoms with Crippen LogP contribution in [-0.2, 0) is 11.7 Å². The summed E-state index contributed by atoms with van der Waals surface area (Å²) in [5.74, 6) is -0.394. The summed E-state index contributed by atoms with van der Waals surface area (Å²) in [6.45, 7) is 1.31. The standard InChI is InChI=1S/C8H8FO/c1-6-2-3-7(5-10)8(9)4-6/h2-4H,5H2,1H3. The van der Waals surface area contributed by atoms with E-state index in [-0.39, 0.29) is 5.56 Å². The number of hydrogen-bond donors (Lipinski definition) is 0. The van der Waals surface area contributed by atoms with Crippen molar-refractivity contribution in [3.05, 3.63) is 35.1 Å². The molecule has 0 saturated carbocycles. The van der Waals surface area contributed by atoms with Crippen molar-refractivity contribution in [2.45, 2.75) is 13.5 Å². The van der Waals surface area contributed by atoms with E-state index in [1.54, 1.807) is 13.0 Å². The Bertz CT molecular complexity index is 233. The van der Waals surface area contributed by atoms with E-state index in [0.717, 1.165) is 5.56 Å². The molecule has 0 atom stereocenters. The lowest BCUT2D eigenvalue weighted by Gasteiger charge is -1.97. The third-order valence-corrected chi connectivity index (χ3v) is 1.36. The van der Waals surface area contributed by atoms with Gasteiger partial charge in [0.25, 0.3) is 0 Å². The molecule has 1 nitrogen and oxygen atoms in total. The molecule has 0 amide bonds. The van der Waals surface area contributed by atoms with Gasteiger partial charge in [-0.2, -0.15) is 0 Å². The maximum absolute atomic E-state index is 12.7. The van der Waals surface area contributed by atoms with Gasteiger partial charge in [-0.1, -0.05) is 12.1 Å². The van der Waals surface area contributed by atoms with E-state index in [4.69, 9.17) is 0 Å². The van der Waals surface area contributed by atoms with E-state index in [9.17, 15) is 9.50 Å².